The van der Waals surface area contributed by atoms with Gasteiger partial charge in [0.05, 0.1) is 11.3 Å². The van der Waals surface area contributed by atoms with Crippen LogP contribution in [0.4, 0.5) is 18.9 Å². The third kappa shape index (κ3) is 4.42. The zero-order valence-electron chi connectivity index (χ0n) is 16.6. The number of anilines is 1. The summed E-state index contributed by atoms with van der Waals surface area (Å²) >= 11 is 0. The molecular formula is C23H19F3N4O. The van der Waals surface area contributed by atoms with Crippen molar-refractivity contribution in [1.29, 1.82) is 0 Å². The molecule has 0 saturated heterocycles. The minimum Gasteiger partial charge on any atom is -0.321 e. The molecule has 0 spiro atoms. The van der Waals surface area contributed by atoms with Crippen molar-refractivity contribution in [3.63, 3.8) is 0 Å². The van der Waals surface area contributed by atoms with E-state index in [2.05, 4.69) is 15.3 Å². The van der Waals surface area contributed by atoms with E-state index in [0.717, 1.165) is 29.8 Å². The molecule has 0 bridgehead atoms. The zero-order valence-corrected chi connectivity index (χ0v) is 16.6. The second-order valence-electron chi connectivity index (χ2n) is 7.09. The minimum atomic E-state index is -4.51. The number of amides is 1. The van der Waals surface area contributed by atoms with Crippen LogP contribution in [0.15, 0.2) is 67.1 Å². The Morgan fingerprint density at radius 3 is 2.32 bits per heavy atom. The molecule has 0 aliphatic rings. The molecule has 0 atom stereocenters. The van der Waals surface area contributed by atoms with Crippen molar-refractivity contribution >= 4 is 17.2 Å². The maximum absolute atomic E-state index is 13.1. The van der Waals surface area contributed by atoms with Gasteiger partial charge in [-0.3, -0.25) is 14.2 Å². The Hall–Kier alpha value is -3.68. The van der Waals surface area contributed by atoms with Gasteiger partial charge in [-0.05, 0) is 60.4 Å². The largest absolute Gasteiger partial charge is 0.417 e. The number of fused-ring (bicyclic) bond motifs is 1. The molecular weight excluding hydrogens is 405 g/mol. The monoisotopic (exact) mass is 424 g/mol. The number of rotatable bonds is 5. The summed E-state index contributed by atoms with van der Waals surface area (Å²) in [6, 6.07) is 13.4. The molecule has 1 N–H and O–H groups in total. The first-order valence-corrected chi connectivity index (χ1v) is 9.72. The average molecular weight is 424 g/mol. The number of pyridine rings is 2. The van der Waals surface area contributed by atoms with Gasteiger partial charge in [-0.25, -0.2) is 4.98 Å². The molecule has 1 aromatic carbocycles. The summed E-state index contributed by atoms with van der Waals surface area (Å²) in [6.45, 7) is 1.80. The number of halogens is 3. The van der Waals surface area contributed by atoms with Crippen LogP contribution in [0, 0.1) is 0 Å². The normalized spacial score (nSPS) is 11.6. The molecule has 0 aliphatic carbocycles. The van der Waals surface area contributed by atoms with E-state index < -0.39 is 17.6 Å². The fraction of sp³-hybridized carbons (Fsp3) is 0.174. The summed E-state index contributed by atoms with van der Waals surface area (Å²) in [5.74, 6) is -0.509. The highest BCUT2D eigenvalue weighted by Crippen LogP contribution is 2.30. The van der Waals surface area contributed by atoms with Crippen LogP contribution < -0.4 is 5.32 Å². The van der Waals surface area contributed by atoms with E-state index in [0.29, 0.717) is 23.4 Å². The van der Waals surface area contributed by atoms with Crippen molar-refractivity contribution in [2.75, 3.05) is 5.32 Å². The number of nitrogens with one attached hydrogen (secondary N) is 1. The molecule has 8 heteroatoms. The van der Waals surface area contributed by atoms with Crippen molar-refractivity contribution < 1.29 is 18.0 Å². The zero-order chi connectivity index (χ0) is 22.0. The number of aryl methyl sites for hydroxylation is 1. The van der Waals surface area contributed by atoms with E-state index in [1.807, 2.05) is 24.3 Å². The van der Waals surface area contributed by atoms with E-state index in [1.165, 1.54) is 10.5 Å². The maximum Gasteiger partial charge on any atom is 0.417 e. The number of benzene rings is 1. The fourth-order valence-corrected chi connectivity index (χ4v) is 3.38. The molecule has 0 aliphatic heterocycles. The lowest BCUT2D eigenvalue weighted by Gasteiger charge is -2.10. The average Bonchev–Trinajstić information content (AvgIpc) is 3.13. The van der Waals surface area contributed by atoms with Crippen LogP contribution in [-0.4, -0.2) is 20.3 Å². The highest BCUT2D eigenvalue weighted by Gasteiger charge is 2.31. The van der Waals surface area contributed by atoms with Gasteiger partial charge in [-0.2, -0.15) is 13.2 Å². The lowest BCUT2D eigenvalue weighted by molar-refractivity contribution is -0.137. The van der Waals surface area contributed by atoms with Crippen LogP contribution in [0.25, 0.3) is 5.65 Å². The van der Waals surface area contributed by atoms with Crippen LogP contribution in [0.3, 0.4) is 0 Å². The topological polar surface area (TPSA) is 59.3 Å². The number of imidazole rings is 1. The van der Waals surface area contributed by atoms with Crippen molar-refractivity contribution in [3.8, 4) is 0 Å². The number of carbonyl (C=O) groups excluding carboxylic acids is 1. The van der Waals surface area contributed by atoms with Crippen LogP contribution in [0.5, 0.6) is 0 Å². The van der Waals surface area contributed by atoms with Crippen LogP contribution in [0.1, 0.15) is 39.8 Å². The van der Waals surface area contributed by atoms with Gasteiger partial charge < -0.3 is 5.32 Å². The van der Waals surface area contributed by atoms with Crippen LogP contribution in [-0.2, 0) is 19.0 Å². The molecule has 0 fully saturated rings. The van der Waals surface area contributed by atoms with Gasteiger partial charge in [-0.1, -0.05) is 19.1 Å². The third-order valence-electron chi connectivity index (χ3n) is 4.94. The summed E-state index contributed by atoms with van der Waals surface area (Å²) in [5, 5.41) is 2.77. The lowest BCUT2D eigenvalue weighted by Crippen LogP contribution is -2.17. The van der Waals surface area contributed by atoms with E-state index >= 15 is 0 Å². The molecule has 0 radical (unpaired) electrons. The summed E-state index contributed by atoms with van der Waals surface area (Å²) < 4.78 is 40.6. The van der Waals surface area contributed by atoms with Gasteiger partial charge in [0.25, 0.3) is 5.91 Å². The summed E-state index contributed by atoms with van der Waals surface area (Å²) in [4.78, 5) is 21.2. The highest BCUT2D eigenvalue weighted by molar-refractivity contribution is 6.04. The quantitative estimate of drug-likeness (QED) is 0.482. The molecule has 31 heavy (non-hydrogen) atoms. The fourth-order valence-electron chi connectivity index (χ4n) is 3.38. The third-order valence-corrected chi connectivity index (χ3v) is 4.94. The number of hydrogen-bond donors (Lipinski definition) is 1. The molecule has 3 aromatic heterocycles. The number of carbonyl (C=O) groups is 1. The van der Waals surface area contributed by atoms with Crippen molar-refractivity contribution in [2.45, 2.75) is 25.9 Å². The Balaban J connectivity index is 1.59. The predicted molar refractivity (Wildman–Crippen MR) is 111 cm³/mol. The first-order valence-electron chi connectivity index (χ1n) is 9.72. The van der Waals surface area contributed by atoms with Crippen LogP contribution in [0.2, 0.25) is 0 Å². The lowest BCUT2D eigenvalue weighted by atomic mass is 10.1. The van der Waals surface area contributed by atoms with E-state index in [-0.39, 0.29) is 5.69 Å². The molecule has 5 nitrogen and oxygen atoms in total. The van der Waals surface area contributed by atoms with E-state index in [4.69, 9.17) is 0 Å². The first kappa shape index (κ1) is 20.6. The number of nitrogens with zero attached hydrogens (tertiary/aromatic N) is 3. The second kappa shape index (κ2) is 8.22. The Morgan fingerprint density at radius 2 is 1.68 bits per heavy atom. The smallest absolute Gasteiger partial charge is 0.321 e. The maximum atomic E-state index is 13.1. The molecule has 158 valence electrons. The Kier molecular flexibility index (Phi) is 5.46. The Bertz CT molecular complexity index is 1220. The first-order chi connectivity index (χ1) is 14.8. The van der Waals surface area contributed by atoms with E-state index in [9.17, 15) is 18.0 Å². The van der Waals surface area contributed by atoms with Crippen LogP contribution >= 0.6 is 0 Å². The van der Waals surface area contributed by atoms with Gasteiger partial charge in [-0.15, -0.1) is 0 Å². The van der Waals surface area contributed by atoms with Gasteiger partial charge in [0, 0.05) is 24.3 Å². The highest BCUT2D eigenvalue weighted by atomic mass is 19.4. The van der Waals surface area contributed by atoms with Crippen molar-refractivity contribution in [3.05, 3.63) is 95.2 Å². The summed E-state index contributed by atoms with van der Waals surface area (Å²) in [5.41, 5.74) is 2.72. The van der Waals surface area contributed by atoms with Crippen molar-refractivity contribution in [1.82, 2.24) is 14.4 Å². The van der Waals surface area contributed by atoms with Crippen molar-refractivity contribution in [2.24, 2.45) is 0 Å². The standard InChI is InChI=1S/C23H19F3N4O/c1-2-19-21(30-14-17(23(24,25)26)5-8-20(30)29-19)22(31)28-18-6-3-15(4-7-18)13-16-9-11-27-12-10-16/h3-12,14H,2,13H2,1H3,(H,28,31). The molecule has 4 aromatic rings. The molecule has 4 rings (SSSR count). The van der Waals surface area contributed by atoms with E-state index in [1.54, 1.807) is 31.5 Å². The summed E-state index contributed by atoms with van der Waals surface area (Å²) in [6.07, 6.45) is 1.00. The van der Waals surface area contributed by atoms with Gasteiger partial charge >= 0.3 is 6.18 Å². The number of alkyl halides is 3. The van der Waals surface area contributed by atoms with Gasteiger partial charge in [0.1, 0.15) is 11.3 Å². The molecule has 1 amide bonds. The summed E-state index contributed by atoms with van der Waals surface area (Å²) in [7, 11) is 0. The van der Waals surface area contributed by atoms with Gasteiger partial charge in [0.2, 0.25) is 0 Å². The number of aromatic nitrogens is 3. The Morgan fingerprint density at radius 1 is 1.00 bits per heavy atom. The predicted octanol–water partition coefficient (Wildman–Crippen LogP) is 5.15. The molecule has 0 saturated carbocycles. The molecule has 0 unspecified atom stereocenters. The Labute approximate surface area is 176 Å². The van der Waals surface area contributed by atoms with Gasteiger partial charge in [0.15, 0.2) is 0 Å². The second-order valence-corrected chi connectivity index (χ2v) is 7.09. The minimum absolute atomic E-state index is 0.101. The molecule has 3 heterocycles. The number of hydrogen-bond acceptors (Lipinski definition) is 3. The SMILES string of the molecule is CCc1nc2ccc(C(F)(F)F)cn2c1C(=O)Nc1ccc(Cc2ccncc2)cc1.